The number of alkyl halides is 3. The molecule has 1 fully saturated rings. The maximum Gasteiger partial charge on any atom is 0.490 e. The number of carboxylic acid groups (broad SMARTS) is 1. The lowest BCUT2D eigenvalue weighted by molar-refractivity contribution is -0.192. The summed E-state index contributed by atoms with van der Waals surface area (Å²) in [6.45, 7) is 3.08. The fourth-order valence-corrected chi connectivity index (χ4v) is 1.64. The van der Waals surface area contributed by atoms with Crippen molar-refractivity contribution in [3.63, 3.8) is 0 Å². The van der Waals surface area contributed by atoms with Crippen LogP contribution in [-0.4, -0.2) is 43.4 Å². The van der Waals surface area contributed by atoms with Gasteiger partial charge in [0, 0.05) is 26.2 Å². The SMILES string of the molecule is Fc1cccc(N2CCNCC2)c1F.O=C(O)C(F)(F)F. The van der Waals surface area contributed by atoms with Gasteiger partial charge in [0.1, 0.15) is 0 Å². The van der Waals surface area contributed by atoms with Gasteiger partial charge in [0.25, 0.3) is 0 Å². The highest BCUT2D eigenvalue weighted by Crippen LogP contribution is 2.21. The molecule has 1 aliphatic heterocycles. The minimum Gasteiger partial charge on any atom is -0.475 e. The maximum absolute atomic E-state index is 13.3. The highest BCUT2D eigenvalue weighted by Gasteiger charge is 2.38. The van der Waals surface area contributed by atoms with Crippen LogP contribution in [0.5, 0.6) is 0 Å². The van der Waals surface area contributed by atoms with E-state index in [9.17, 15) is 22.0 Å². The lowest BCUT2D eigenvalue weighted by Gasteiger charge is -2.29. The molecule has 0 aliphatic carbocycles. The van der Waals surface area contributed by atoms with E-state index in [1.807, 2.05) is 4.90 Å². The topological polar surface area (TPSA) is 52.6 Å². The molecule has 2 rings (SSSR count). The van der Waals surface area contributed by atoms with Gasteiger partial charge in [0.15, 0.2) is 11.6 Å². The van der Waals surface area contributed by atoms with Gasteiger partial charge in [-0.2, -0.15) is 13.2 Å². The van der Waals surface area contributed by atoms with Crippen LogP contribution in [0, 0.1) is 11.6 Å². The van der Waals surface area contributed by atoms with Crippen LogP contribution in [0.2, 0.25) is 0 Å². The zero-order chi connectivity index (χ0) is 16.0. The molecule has 0 spiro atoms. The second kappa shape index (κ2) is 7.21. The van der Waals surface area contributed by atoms with Gasteiger partial charge in [-0.1, -0.05) is 6.07 Å². The van der Waals surface area contributed by atoms with Crippen molar-refractivity contribution in [2.45, 2.75) is 6.18 Å². The normalized spacial score (nSPS) is 15.2. The Morgan fingerprint density at radius 3 is 2.19 bits per heavy atom. The first-order valence-corrected chi connectivity index (χ1v) is 5.93. The smallest absolute Gasteiger partial charge is 0.475 e. The molecule has 4 nitrogen and oxygen atoms in total. The van der Waals surface area contributed by atoms with Gasteiger partial charge in [-0.05, 0) is 12.1 Å². The van der Waals surface area contributed by atoms with E-state index in [-0.39, 0.29) is 0 Å². The quantitative estimate of drug-likeness (QED) is 0.779. The van der Waals surface area contributed by atoms with E-state index in [1.165, 1.54) is 6.07 Å². The van der Waals surface area contributed by atoms with Crippen molar-refractivity contribution in [1.29, 1.82) is 0 Å². The Morgan fingerprint density at radius 2 is 1.71 bits per heavy atom. The predicted molar refractivity (Wildman–Crippen MR) is 65.1 cm³/mol. The molecule has 21 heavy (non-hydrogen) atoms. The number of halogens is 5. The number of anilines is 1. The number of nitrogens with zero attached hydrogens (tertiary/aromatic N) is 1. The molecule has 9 heteroatoms. The van der Waals surface area contributed by atoms with Crippen molar-refractivity contribution in [2.24, 2.45) is 0 Å². The molecule has 1 aromatic carbocycles. The molecule has 0 saturated carbocycles. The van der Waals surface area contributed by atoms with Crippen LogP contribution in [0.15, 0.2) is 18.2 Å². The van der Waals surface area contributed by atoms with Crippen LogP contribution in [0.1, 0.15) is 0 Å². The van der Waals surface area contributed by atoms with Crippen LogP contribution in [0.25, 0.3) is 0 Å². The van der Waals surface area contributed by atoms with Crippen molar-refractivity contribution < 1.29 is 31.9 Å². The average Bonchev–Trinajstić information content (AvgIpc) is 2.42. The number of hydrogen-bond donors (Lipinski definition) is 2. The summed E-state index contributed by atoms with van der Waals surface area (Å²) in [6, 6.07) is 4.29. The fraction of sp³-hybridized carbons (Fsp3) is 0.417. The molecule has 0 atom stereocenters. The first kappa shape index (κ1) is 17.2. The van der Waals surface area contributed by atoms with Gasteiger partial charge in [-0.3, -0.25) is 0 Å². The van der Waals surface area contributed by atoms with Crippen molar-refractivity contribution in [3.8, 4) is 0 Å². The first-order chi connectivity index (χ1) is 9.73. The van der Waals surface area contributed by atoms with Gasteiger partial charge in [0.05, 0.1) is 5.69 Å². The van der Waals surface area contributed by atoms with E-state index in [0.717, 1.165) is 32.2 Å². The van der Waals surface area contributed by atoms with Crippen LogP contribution in [0.3, 0.4) is 0 Å². The minimum absolute atomic E-state index is 0.367. The number of hydrogen-bond acceptors (Lipinski definition) is 3. The monoisotopic (exact) mass is 312 g/mol. The summed E-state index contributed by atoms with van der Waals surface area (Å²) in [4.78, 5) is 10.8. The number of carboxylic acids is 1. The van der Waals surface area contributed by atoms with Gasteiger partial charge in [0.2, 0.25) is 0 Å². The molecule has 1 aliphatic rings. The second-order valence-electron chi connectivity index (χ2n) is 4.11. The third-order valence-corrected chi connectivity index (χ3v) is 2.63. The fourth-order valence-electron chi connectivity index (χ4n) is 1.64. The van der Waals surface area contributed by atoms with Crippen LogP contribution in [-0.2, 0) is 4.79 Å². The van der Waals surface area contributed by atoms with Gasteiger partial charge in [-0.25, -0.2) is 13.6 Å². The minimum atomic E-state index is -5.08. The van der Waals surface area contributed by atoms with Gasteiger partial charge >= 0.3 is 12.1 Å². The summed E-state index contributed by atoms with van der Waals surface area (Å²) in [7, 11) is 0. The van der Waals surface area contributed by atoms with Crippen molar-refractivity contribution >= 4 is 11.7 Å². The summed E-state index contributed by atoms with van der Waals surface area (Å²) in [5.41, 5.74) is 0.367. The van der Waals surface area contributed by atoms with Crippen LogP contribution in [0.4, 0.5) is 27.6 Å². The average molecular weight is 312 g/mol. The molecule has 118 valence electrons. The van der Waals surface area contributed by atoms with Crippen LogP contribution >= 0.6 is 0 Å². The molecule has 0 unspecified atom stereocenters. The summed E-state index contributed by atoms with van der Waals surface area (Å²) < 4.78 is 58.0. The predicted octanol–water partition coefficient (Wildman–Crippen LogP) is 2.01. The first-order valence-electron chi connectivity index (χ1n) is 5.93. The number of aliphatic carboxylic acids is 1. The van der Waals surface area contributed by atoms with E-state index in [1.54, 1.807) is 6.07 Å². The van der Waals surface area contributed by atoms with Gasteiger partial charge < -0.3 is 15.3 Å². The van der Waals surface area contributed by atoms with E-state index in [0.29, 0.717) is 5.69 Å². The molecule has 1 heterocycles. The number of rotatable bonds is 1. The number of benzene rings is 1. The second-order valence-corrected chi connectivity index (χ2v) is 4.11. The summed E-state index contributed by atoms with van der Waals surface area (Å²) in [6.07, 6.45) is -5.08. The van der Waals surface area contributed by atoms with Crippen molar-refractivity contribution in [1.82, 2.24) is 5.32 Å². The standard InChI is InChI=1S/C10H12F2N2.C2HF3O2/c11-8-2-1-3-9(10(8)12)14-6-4-13-5-7-14;3-2(4,5)1(6)7/h1-3,13H,4-7H2;(H,6,7). The Balaban J connectivity index is 0.000000270. The van der Waals surface area contributed by atoms with E-state index in [2.05, 4.69) is 5.32 Å². The molecule has 0 bridgehead atoms. The highest BCUT2D eigenvalue weighted by atomic mass is 19.4. The highest BCUT2D eigenvalue weighted by molar-refractivity contribution is 5.73. The number of nitrogens with one attached hydrogen (secondary N) is 1. The van der Waals surface area contributed by atoms with Crippen LogP contribution < -0.4 is 10.2 Å². The van der Waals surface area contributed by atoms with Gasteiger partial charge in [-0.15, -0.1) is 0 Å². The number of piperazine rings is 1. The molecule has 1 aromatic rings. The molecule has 0 radical (unpaired) electrons. The Kier molecular flexibility index (Phi) is 5.89. The van der Waals surface area contributed by atoms with Crippen molar-refractivity contribution in [3.05, 3.63) is 29.8 Å². The van der Waals surface area contributed by atoms with E-state index >= 15 is 0 Å². The molecule has 1 saturated heterocycles. The zero-order valence-electron chi connectivity index (χ0n) is 10.8. The summed E-state index contributed by atoms with van der Waals surface area (Å²) >= 11 is 0. The number of carbonyl (C=O) groups is 1. The lowest BCUT2D eigenvalue weighted by atomic mass is 10.2. The Hall–Kier alpha value is -1.90. The van der Waals surface area contributed by atoms with E-state index in [4.69, 9.17) is 9.90 Å². The summed E-state index contributed by atoms with van der Waals surface area (Å²) in [5, 5.41) is 10.3. The lowest BCUT2D eigenvalue weighted by Crippen LogP contribution is -2.43. The maximum atomic E-state index is 13.3. The zero-order valence-corrected chi connectivity index (χ0v) is 10.8. The molecule has 0 amide bonds. The molecule has 0 aromatic heterocycles. The third-order valence-electron chi connectivity index (χ3n) is 2.63. The Bertz CT molecular complexity index is 487. The Labute approximate surface area is 117 Å². The Morgan fingerprint density at radius 1 is 1.19 bits per heavy atom. The molecule has 2 N–H and O–H groups in total. The van der Waals surface area contributed by atoms with Crippen molar-refractivity contribution in [2.75, 3.05) is 31.1 Å². The third kappa shape index (κ3) is 5.18. The molecular weight excluding hydrogens is 299 g/mol. The molecular formula is C12H13F5N2O2. The van der Waals surface area contributed by atoms with E-state index < -0.39 is 23.8 Å². The summed E-state index contributed by atoms with van der Waals surface area (Å²) in [5.74, 6) is -4.28. The largest absolute Gasteiger partial charge is 0.490 e.